The molecule has 7 nitrogen and oxygen atoms in total. The summed E-state index contributed by atoms with van der Waals surface area (Å²) in [6.45, 7) is 1.32. The summed E-state index contributed by atoms with van der Waals surface area (Å²) in [5, 5.41) is 21.5. The molecule has 0 aromatic heterocycles. The number of carbonyl (C=O) groups is 2. The van der Waals surface area contributed by atoms with Crippen molar-refractivity contribution in [1.82, 2.24) is 5.32 Å². The van der Waals surface area contributed by atoms with Gasteiger partial charge in [0, 0.05) is 12.1 Å². The summed E-state index contributed by atoms with van der Waals surface area (Å²) in [4.78, 5) is 32.1. The number of hydrogen-bond acceptors (Lipinski definition) is 4. The van der Waals surface area contributed by atoms with Crippen molar-refractivity contribution in [2.24, 2.45) is 0 Å². The lowest BCUT2D eigenvalue weighted by atomic mass is 10.1. The number of nitro benzene ring substituents is 1. The first-order valence-corrected chi connectivity index (χ1v) is 5.36. The van der Waals surface area contributed by atoms with Crippen molar-refractivity contribution in [2.45, 2.75) is 13.0 Å². The van der Waals surface area contributed by atoms with Crippen molar-refractivity contribution < 1.29 is 19.6 Å². The number of nitrogens with one attached hydrogen (secondary N) is 1. The fraction of sp³-hybridized carbons (Fsp3) is 0.167. The zero-order valence-electron chi connectivity index (χ0n) is 10.1. The first kappa shape index (κ1) is 14.4. The van der Waals surface area contributed by atoms with Crippen molar-refractivity contribution in [3.63, 3.8) is 0 Å². The molecule has 0 fully saturated rings. The topological polar surface area (TPSA) is 110 Å². The molecule has 1 aromatic rings. The number of aliphatic carboxylic acids is 1. The molecular weight excluding hydrogens is 252 g/mol. The molecule has 100 valence electrons. The van der Waals surface area contributed by atoms with Gasteiger partial charge in [-0.25, -0.2) is 0 Å². The highest BCUT2D eigenvalue weighted by atomic mass is 16.6. The van der Waals surface area contributed by atoms with E-state index in [1.54, 1.807) is 6.07 Å². The maximum absolute atomic E-state index is 11.4. The van der Waals surface area contributed by atoms with Crippen LogP contribution in [-0.2, 0) is 9.59 Å². The number of amides is 1. The van der Waals surface area contributed by atoms with Crippen LogP contribution in [0.4, 0.5) is 5.69 Å². The molecule has 1 atom stereocenters. The van der Waals surface area contributed by atoms with E-state index in [1.165, 1.54) is 31.2 Å². The van der Waals surface area contributed by atoms with Crippen molar-refractivity contribution in [3.05, 3.63) is 46.0 Å². The number of hydrogen-bond donors (Lipinski definition) is 2. The fourth-order valence-corrected chi connectivity index (χ4v) is 1.28. The predicted molar refractivity (Wildman–Crippen MR) is 67.4 cm³/mol. The number of carboxylic acids is 1. The van der Waals surface area contributed by atoms with E-state index in [0.717, 1.165) is 6.08 Å². The molecule has 0 saturated carbocycles. The maximum Gasteiger partial charge on any atom is 0.325 e. The Bertz CT molecular complexity index is 539. The molecule has 1 aromatic carbocycles. The molecule has 0 radical (unpaired) electrons. The van der Waals surface area contributed by atoms with Crippen molar-refractivity contribution in [3.8, 4) is 0 Å². The highest BCUT2D eigenvalue weighted by molar-refractivity contribution is 5.94. The van der Waals surface area contributed by atoms with Gasteiger partial charge in [0.1, 0.15) is 6.04 Å². The molecule has 19 heavy (non-hydrogen) atoms. The number of benzene rings is 1. The van der Waals surface area contributed by atoms with E-state index < -0.39 is 22.8 Å². The monoisotopic (exact) mass is 264 g/mol. The first-order valence-electron chi connectivity index (χ1n) is 5.36. The summed E-state index contributed by atoms with van der Waals surface area (Å²) in [5.74, 6) is -1.79. The second-order valence-electron chi connectivity index (χ2n) is 3.72. The van der Waals surface area contributed by atoms with E-state index in [2.05, 4.69) is 5.32 Å². The van der Waals surface area contributed by atoms with Crippen molar-refractivity contribution in [2.75, 3.05) is 0 Å². The quantitative estimate of drug-likeness (QED) is 0.471. The van der Waals surface area contributed by atoms with E-state index in [0.29, 0.717) is 0 Å². The third kappa shape index (κ3) is 4.23. The van der Waals surface area contributed by atoms with Crippen LogP contribution < -0.4 is 5.32 Å². The van der Waals surface area contributed by atoms with Gasteiger partial charge in [-0.3, -0.25) is 19.7 Å². The Morgan fingerprint density at radius 2 is 2.05 bits per heavy atom. The number of carbonyl (C=O) groups excluding carboxylic acids is 1. The van der Waals surface area contributed by atoms with Gasteiger partial charge in [-0.2, -0.15) is 0 Å². The molecule has 1 amide bonds. The van der Waals surface area contributed by atoms with E-state index >= 15 is 0 Å². The van der Waals surface area contributed by atoms with Crippen LogP contribution in [0.2, 0.25) is 0 Å². The molecular formula is C12H12N2O5. The summed E-state index contributed by atoms with van der Waals surface area (Å²) in [6, 6.07) is 4.90. The van der Waals surface area contributed by atoms with Crippen LogP contribution in [0.25, 0.3) is 6.08 Å². The highest BCUT2D eigenvalue weighted by Gasteiger charge is 2.13. The van der Waals surface area contributed by atoms with E-state index in [4.69, 9.17) is 5.11 Å². The lowest BCUT2D eigenvalue weighted by molar-refractivity contribution is -0.385. The molecule has 0 unspecified atom stereocenters. The number of rotatable bonds is 5. The standard InChI is InChI=1S/C12H12N2O5/c1-8(12(16)17)13-11(15)7-6-9-4-2-3-5-10(9)14(18)19/h2-8H,1H3,(H,13,15)(H,16,17)/t8-/m1/s1. The van der Waals surface area contributed by atoms with Gasteiger partial charge in [0.25, 0.3) is 5.69 Å². The Labute approximate surface area is 108 Å². The zero-order chi connectivity index (χ0) is 14.4. The van der Waals surface area contributed by atoms with Crippen LogP contribution in [0.3, 0.4) is 0 Å². The van der Waals surface area contributed by atoms with Gasteiger partial charge >= 0.3 is 5.97 Å². The number of para-hydroxylation sites is 1. The Balaban J connectivity index is 2.79. The molecule has 0 saturated heterocycles. The van der Waals surface area contributed by atoms with Crippen LogP contribution >= 0.6 is 0 Å². The summed E-state index contributed by atoms with van der Waals surface area (Å²) in [5.41, 5.74) is 0.142. The van der Waals surface area contributed by atoms with Gasteiger partial charge in [0.15, 0.2) is 0 Å². The smallest absolute Gasteiger partial charge is 0.325 e. The van der Waals surface area contributed by atoms with E-state index in [9.17, 15) is 19.7 Å². The molecule has 0 heterocycles. The number of nitrogens with zero attached hydrogens (tertiary/aromatic N) is 1. The van der Waals surface area contributed by atoms with Crippen molar-refractivity contribution in [1.29, 1.82) is 0 Å². The van der Waals surface area contributed by atoms with Gasteiger partial charge in [-0.05, 0) is 19.1 Å². The number of carboxylic acid groups (broad SMARTS) is 1. The minimum absolute atomic E-state index is 0.127. The molecule has 0 aliphatic heterocycles. The molecule has 0 bridgehead atoms. The average Bonchev–Trinajstić information content (AvgIpc) is 2.36. The van der Waals surface area contributed by atoms with Crippen LogP contribution in [0.5, 0.6) is 0 Å². The van der Waals surface area contributed by atoms with Gasteiger partial charge in [-0.1, -0.05) is 12.1 Å². The highest BCUT2D eigenvalue weighted by Crippen LogP contribution is 2.18. The number of nitro groups is 1. The van der Waals surface area contributed by atoms with Gasteiger partial charge in [-0.15, -0.1) is 0 Å². The minimum Gasteiger partial charge on any atom is -0.480 e. The second kappa shape index (κ2) is 6.29. The molecule has 0 aliphatic carbocycles. The van der Waals surface area contributed by atoms with Gasteiger partial charge in [0.05, 0.1) is 10.5 Å². The predicted octanol–water partition coefficient (Wildman–Crippen LogP) is 1.20. The summed E-state index contributed by atoms with van der Waals surface area (Å²) in [6.07, 6.45) is 2.32. The van der Waals surface area contributed by atoms with Crippen LogP contribution in [0.1, 0.15) is 12.5 Å². The SMILES string of the molecule is C[C@@H](NC(=O)C=Cc1ccccc1[N+](=O)[O-])C(=O)O. The van der Waals surface area contributed by atoms with Gasteiger partial charge < -0.3 is 10.4 Å². The second-order valence-corrected chi connectivity index (χ2v) is 3.72. The maximum atomic E-state index is 11.4. The molecule has 0 aliphatic rings. The molecule has 7 heteroatoms. The van der Waals surface area contributed by atoms with Crippen molar-refractivity contribution >= 4 is 23.6 Å². The lowest BCUT2D eigenvalue weighted by Crippen LogP contribution is -2.37. The average molecular weight is 264 g/mol. The zero-order valence-corrected chi connectivity index (χ0v) is 10.1. The Morgan fingerprint density at radius 1 is 1.42 bits per heavy atom. The minimum atomic E-state index is -1.16. The Hall–Kier alpha value is -2.70. The third-order valence-electron chi connectivity index (χ3n) is 2.28. The largest absolute Gasteiger partial charge is 0.480 e. The lowest BCUT2D eigenvalue weighted by Gasteiger charge is -2.05. The summed E-state index contributed by atoms with van der Waals surface area (Å²) >= 11 is 0. The van der Waals surface area contributed by atoms with E-state index in [-0.39, 0.29) is 11.3 Å². The third-order valence-corrected chi connectivity index (χ3v) is 2.28. The van der Waals surface area contributed by atoms with Crippen LogP contribution in [0.15, 0.2) is 30.3 Å². The van der Waals surface area contributed by atoms with E-state index in [1.807, 2.05) is 0 Å². The molecule has 2 N–H and O–H groups in total. The Kier molecular flexibility index (Phi) is 4.76. The van der Waals surface area contributed by atoms with Crippen LogP contribution in [0, 0.1) is 10.1 Å². The molecule has 0 spiro atoms. The Morgan fingerprint density at radius 3 is 2.63 bits per heavy atom. The van der Waals surface area contributed by atoms with Crippen LogP contribution in [-0.4, -0.2) is 27.9 Å². The first-order chi connectivity index (χ1) is 8.91. The fourth-order valence-electron chi connectivity index (χ4n) is 1.28. The summed E-state index contributed by atoms with van der Waals surface area (Å²) in [7, 11) is 0. The molecule has 1 rings (SSSR count). The van der Waals surface area contributed by atoms with Gasteiger partial charge in [0.2, 0.25) is 5.91 Å². The summed E-state index contributed by atoms with van der Waals surface area (Å²) < 4.78 is 0. The normalized spacial score (nSPS) is 12.1.